The summed E-state index contributed by atoms with van der Waals surface area (Å²) in [6.07, 6.45) is 9.73. The maximum Gasteiger partial charge on any atom is 0.410 e. The van der Waals surface area contributed by atoms with Crippen molar-refractivity contribution in [3.05, 3.63) is 47.2 Å². The van der Waals surface area contributed by atoms with E-state index in [0.29, 0.717) is 18.8 Å². The molecule has 9 nitrogen and oxygen atoms in total. The van der Waals surface area contributed by atoms with Crippen LogP contribution in [0.5, 0.6) is 0 Å². The number of carbonyl (C=O) groups is 1. The topological polar surface area (TPSA) is 102 Å². The van der Waals surface area contributed by atoms with Gasteiger partial charge in [-0.2, -0.15) is 4.91 Å². The van der Waals surface area contributed by atoms with Gasteiger partial charge in [-0.05, 0) is 45.1 Å². The second kappa shape index (κ2) is 8.78. The number of aromatic nitrogens is 3. The van der Waals surface area contributed by atoms with E-state index in [9.17, 15) is 9.70 Å². The van der Waals surface area contributed by atoms with E-state index in [1.807, 2.05) is 37.6 Å². The molecule has 32 heavy (non-hydrogen) atoms. The van der Waals surface area contributed by atoms with Gasteiger partial charge in [0.25, 0.3) is 0 Å². The van der Waals surface area contributed by atoms with Crippen LogP contribution < -0.4 is 0 Å². The molecule has 0 aliphatic carbocycles. The first-order valence-corrected chi connectivity index (χ1v) is 11.5. The standard InChI is InChI=1S/C22H25N5O4S/c1-22(2,3)31-21(28)26-7-5-6-14(11-26)17-12-27-18(10-23-19(27)20(25-17)32-4)15-8-16(9-24-29)30-13-15/h6,8,10,12-13H,5,7,9,11H2,1-4H3. The third-order valence-corrected chi connectivity index (χ3v) is 5.62. The molecule has 168 valence electrons. The molecule has 0 N–H and O–H groups in total. The zero-order valence-electron chi connectivity index (χ0n) is 18.5. The van der Waals surface area contributed by atoms with Crippen molar-refractivity contribution in [2.24, 2.45) is 5.18 Å². The Balaban J connectivity index is 1.69. The quantitative estimate of drug-likeness (QED) is 0.394. The van der Waals surface area contributed by atoms with Gasteiger partial charge in [0.1, 0.15) is 29.2 Å². The molecule has 0 unspecified atom stereocenters. The largest absolute Gasteiger partial charge is 0.467 e. The van der Waals surface area contributed by atoms with Crippen LogP contribution in [0.1, 0.15) is 38.6 Å². The highest BCUT2D eigenvalue weighted by Crippen LogP contribution is 2.30. The van der Waals surface area contributed by atoms with Gasteiger partial charge < -0.3 is 14.1 Å². The smallest absolute Gasteiger partial charge is 0.410 e. The number of carbonyl (C=O) groups excluding carboxylic acids is 1. The van der Waals surface area contributed by atoms with Crippen LogP contribution in [-0.2, 0) is 11.3 Å². The normalized spacial score (nSPS) is 14.5. The number of furan rings is 1. The van der Waals surface area contributed by atoms with Crippen LogP contribution in [0.2, 0.25) is 0 Å². The van der Waals surface area contributed by atoms with Gasteiger partial charge in [-0.25, -0.2) is 14.8 Å². The van der Waals surface area contributed by atoms with E-state index in [1.54, 1.807) is 23.4 Å². The molecule has 0 bridgehead atoms. The van der Waals surface area contributed by atoms with Gasteiger partial charge in [0.15, 0.2) is 5.65 Å². The van der Waals surface area contributed by atoms with E-state index >= 15 is 0 Å². The molecule has 0 saturated carbocycles. The van der Waals surface area contributed by atoms with Crippen LogP contribution in [0.25, 0.3) is 22.5 Å². The Bertz CT molecular complexity index is 1190. The summed E-state index contributed by atoms with van der Waals surface area (Å²) in [6.45, 7) is 6.59. The number of ether oxygens (including phenoxy) is 1. The molecule has 3 aromatic rings. The first-order valence-electron chi connectivity index (χ1n) is 10.3. The van der Waals surface area contributed by atoms with Gasteiger partial charge in [-0.1, -0.05) is 11.3 Å². The molecule has 1 aliphatic rings. The Kier molecular flexibility index (Phi) is 6.05. The monoisotopic (exact) mass is 455 g/mol. The fourth-order valence-electron chi connectivity index (χ4n) is 3.54. The van der Waals surface area contributed by atoms with Crippen LogP contribution >= 0.6 is 11.8 Å². The fourth-order valence-corrected chi connectivity index (χ4v) is 4.06. The van der Waals surface area contributed by atoms with Crippen molar-refractivity contribution in [3.8, 4) is 11.3 Å². The average Bonchev–Trinajstić information content (AvgIpc) is 3.39. The number of hydrogen-bond donors (Lipinski definition) is 0. The molecule has 0 saturated heterocycles. The lowest BCUT2D eigenvalue weighted by atomic mass is 10.1. The molecule has 1 amide bonds. The van der Waals surface area contributed by atoms with Crippen molar-refractivity contribution in [2.45, 2.75) is 44.4 Å². The van der Waals surface area contributed by atoms with Gasteiger partial charge in [0.05, 0.1) is 24.1 Å². The number of rotatable bonds is 5. The van der Waals surface area contributed by atoms with E-state index in [0.717, 1.165) is 39.6 Å². The third kappa shape index (κ3) is 4.55. The lowest BCUT2D eigenvalue weighted by Crippen LogP contribution is -2.39. The summed E-state index contributed by atoms with van der Waals surface area (Å²) in [5, 5.41) is 3.66. The third-order valence-electron chi connectivity index (χ3n) is 4.96. The molecule has 3 aromatic heterocycles. The van der Waals surface area contributed by atoms with E-state index in [4.69, 9.17) is 14.1 Å². The highest BCUT2D eigenvalue weighted by Gasteiger charge is 2.26. The molecule has 4 heterocycles. The van der Waals surface area contributed by atoms with Crippen LogP contribution in [0.15, 0.2) is 45.4 Å². The zero-order chi connectivity index (χ0) is 22.9. The van der Waals surface area contributed by atoms with E-state index in [1.165, 1.54) is 11.8 Å². The molecule has 4 rings (SSSR count). The van der Waals surface area contributed by atoms with E-state index < -0.39 is 5.60 Å². The summed E-state index contributed by atoms with van der Waals surface area (Å²) in [4.78, 5) is 34.2. The fraction of sp³-hybridized carbons (Fsp3) is 0.409. The molecule has 0 fully saturated rings. The van der Waals surface area contributed by atoms with E-state index in [-0.39, 0.29) is 12.6 Å². The molecule has 0 atom stereocenters. The highest BCUT2D eigenvalue weighted by atomic mass is 32.2. The number of amides is 1. The molecular formula is C22H25N5O4S. The van der Waals surface area contributed by atoms with Crippen molar-refractivity contribution in [1.29, 1.82) is 0 Å². The molecule has 0 spiro atoms. The molecular weight excluding hydrogens is 430 g/mol. The van der Waals surface area contributed by atoms with Crippen molar-refractivity contribution < 1.29 is 13.9 Å². The first kappa shape index (κ1) is 22.1. The first-order chi connectivity index (χ1) is 15.3. The average molecular weight is 456 g/mol. The summed E-state index contributed by atoms with van der Waals surface area (Å²) in [5.41, 5.74) is 3.53. The molecule has 0 aromatic carbocycles. The van der Waals surface area contributed by atoms with Crippen molar-refractivity contribution in [2.75, 3.05) is 19.3 Å². The minimum absolute atomic E-state index is 0.0208. The minimum Gasteiger partial charge on any atom is -0.467 e. The summed E-state index contributed by atoms with van der Waals surface area (Å²) in [6, 6.07) is 1.79. The highest BCUT2D eigenvalue weighted by molar-refractivity contribution is 7.98. The lowest BCUT2D eigenvalue weighted by Gasteiger charge is -2.30. The van der Waals surface area contributed by atoms with Crippen LogP contribution in [0.4, 0.5) is 4.79 Å². The predicted octanol–water partition coefficient (Wildman–Crippen LogP) is 5.00. The Labute approximate surface area is 189 Å². The molecule has 10 heteroatoms. The summed E-state index contributed by atoms with van der Waals surface area (Å²) < 4.78 is 12.9. The lowest BCUT2D eigenvalue weighted by molar-refractivity contribution is 0.0273. The van der Waals surface area contributed by atoms with Gasteiger partial charge in [0.2, 0.25) is 0 Å². The number of imidazole rings is 1. The number of hydrogen-bond acceptors (Lipinski definition) is 8. The van der Waals surface area contributed by atoms with Crippen LogP contribution in [-0.4, -0.2) is 50.3 Å². The SMILES string of the molecule is CSc1nc(C2=CCCN(C(=O)OC(C)(C)C)C2)cn2c(-c3coc(CN=O)c3)cnc12. The number of nitroso groups, excluding NO2 is 1. The summed E-state index contributed by atoms with van der Waals surface area (Å²) in [7, 11) is 0. The Morgan fingerprint density at radius 3 is 2.91 bits per heavy atom. The second-order valence-electron chi connectivity index (χ2n) is 8.48. The van der Waals surface area contributed by atoms with Crippen molar-refractivity contribution >= 4 is 29.1 Å². The van der Waals surface area contributed by atoms with E-state index in [2.05, 4.69) is 16.2 Å². The van der Waals surface area contributed by atoms with Crippen molar-refractivity contribution in [1.82, 2.24) is 19.3 Å². The van der Waals surface area contributed by atoms with Gasteiger partial charge in [0, 0.05) is 18.3 Å². The molecule has 1 aliphatic heterocycles. The number of nitrogens with zero attached hydrogens (tertiary/aromatic N) is 5. The maximum atomic E-state index is 12.6. The van der Waals surface area contributed by atoms with Gasteiger partial charge >= 0.3 is 6.09 Å². The maximum absolute atomic E-state index is 12.6. The van der Waals surface area contributed by atoms with Gasteiger partial charge in [-0.15, -0.1) is 11.8 Å². The van der Waals surface area contributed by atoms with Crippen molar-refractivity contribution in [3.63, 3.8) is 0 Å². The molecule has 0 radical (unpaired) electrons. The summed E-state index contributed by atoms with van der Waals surface area (Å²) >= 11 is 1.51. The minimum atomic E-state index is -0.546. The van der Waals surface area contributed by atoms with Crippen LogP contribution in [0.3, 0.4) is 0 Å². The number of fused-ring (bicyclic) bond motifs is 1. The van der Waals surface area contributed by atoms with Crippen LogP contribution in [0, 0.1) is 4.91 Å². The number of thioether (sulfide) groups is 1. The summed E-state index contributed by atoms with van der Waals surface area (Å²) in [5.74, 6) is 0.493. The predicted molar refractivity (Wildman–Crippen MR) is 122 cm³/mol. The zero-order valence-corrected chi connectivity index (χ0v) is 19.3. The van der Waals surface area contributed by atoms with Gasteiger partial charge in [-0.3, -0.25) is 4.40 Å². The second-order valence-corrected chi connectivity index (χ2v) is 9.28. The Morgan fingerprint density at radius 1 is 1.38 bits per heavy atom. The Hall–Kier alpha value is -3.14. The Morgan fingerprint density at radius 2 is 2.19 bits per heavy atom.